The Kier molecular flexibility index (Phi) is 7.18. The van der Waals surface area contributed by atoms with Crippen molar-refractivity contribution in [2.24, 2.45) is 0 Å². The highest BCUT2D eigenvalue weighted by molar-refractivity contribution is 7.87. The molecule has 0 fully saturated rings. The van der Waals surface area contributed by atoms with E-state index in [0.717, 1.165) is 0 Å². The molecule has 0 radical (unpaired) electrons. The van der Waals surface area contributed by atoms with Crippen LogP contribution in [-0.2, 0) is 9.13 Å². The number of benzene rings is 5. The third-order valence-electron chi connectivity index (χ3n) is 7.10. The van der Waals surface area contributed by atoms with E-state index in [2.05, 4.69) is 0 Å². The van der Waals surface area contributed by atoms with Crippen LogP contribution in [0.25, 0.3) is 11.3 Å². The van der Waals surface area contributed by atoms with Gasteiger partial charge >= 0.3 is 0 Å². The van der Waals surface area contributed by atoms with Gasteiger partial charge in [0, 0.05) is 43.6 Å². The summed E-state index contributed by atoms with van der Waals surface area (Å²) >= 11 is 0. The van der Waals surface area contributed by atoms with Crippen LogP contribution < -0.4 is 31.8 Å². The summed E-state index contributed by atoms with van der Waals surface area (Å²) in [5.74, 6) is 0. The topological polar surface area (TPSA) is 47.0 Å². The Morgan fingerprint density at radius 1 is 0.375 bits per heavy atom. The molecule has 0 amide bonds. The molecule has 3 nitrogen and oxygen atoms in total. The number of nitrogens with zero attached hydrogens (tertiary/aromatic N) is 1. The maximum Gasteiger partial charge on any atom is 0.171 e. The molecule has 40 heavy (non-hydrogen) atoms. The van der Waals surface area contributed by atoms with Gasteiger partial charge in [0.2, 0.25) is 0 Å². The van der Waals surface area contributed by atoms with Crippen LogP contribution in [0, 0.1) is 0 Å². The molecule has 5 heteroatoms. The first kappa shape index (κ1) is 26.0. The molecule has 194 valence electrons. The van der Waals surface area contributed by atoms with Crippen LogP contribution in [-0.4, -0.2) is 4.98 Å². The number of hydrogen-bond donors (Lipinski definition) is 0. The van der Waals surface area contributed by atoms with Crippen molar-refractivity contribution in [2.45, 2.75) is 0 Å². The van der Waals surface area contributed by atoms with E-state index in [1.54, 1.807) is 6.20 Å². The largest absolute Gasteiger partial charge is 0.309 e. The minimum atomic E-state index is -3.42. The quantitative estimate of drug-likeness (QED) is 0.226. The zero-order chi connectivity index (χ0) is 27.4. The summed E-state index contributed by atoms with van der Waals surface area (Å²) < 4.78 is 31.3. The summed E-state index contributed by atoms with van der Waals surface area (Å²) in [6.07, 6.45) is 1.72. The molecule has 1 aromatic heterocycles. The first-order valence-electron chi connectivity index (χ1n) is 13.1. The van der Waals surface area contributed by atoms with Gasteiger partial charge in [0.15, 0.2) is 14.3 Å². The van der Waals surface area contributed by atoms with Gasteiger partial charge in [-0.05, 0) is 12.1 Å². The minimum absolute atomic E-state index is 0.619. The van der Waals surface area contributed by atoms with Gasteiger partial charge in [0.25, 0.3) is 0 Å². The lowest BCUT2D eigenvalue weighted by Gasteiger charge is -2.28. The van der Waals surface area contributed by atoms with Crippen molar-refractivity contribution in [2.75, 3.05) is 0 Å². The lowest BCUT2D eigenvalue weighted by molar-refractivity contribution is 0.592. The summed E-state index contributed by atoms with van der Waals surface area (Å²) in [6.45, 7) is 0. The number of rotatable bonds is 7. The van der Waals surface area contributed by atoms with Crippen LogP contribution in [0.3, 0.4) is 0 Å². The molecule has 0 spiro atoms. The Morgan fingerprint density at radius 3 is 1.05 bits per heavy atom. The highest BCUT2D eigenvalue weighted by atomic mass is 31.2. The maximum atomic E-state index is 15.6. The Balaban J connectivity index is 1.77. The number of pyridine rings is 1. The van der Waals surface area contributed by atoms with Crippen molar-refractivity contribution in [3.8, 4) is 11.3 Å². The third-order valence-corrected chi connectivity index (χ3v) is 13.3. The first-order valence-corrected chi connectivity index (χ1v) is 16.5. The second-order valence-electron chi connectivity index (χ2n) is 9.45. The second kappa shape index (κ2) is 11.1. The molecule has 0 aliphatic carbocycles. The molecule has 0 aliphatic rings. The van der Waals surface area contributed by atoms with Crippen LogP contribution in [0.2, 0.25) is 0 Å². The fourth-order valence-corrected chi connectivity index (χ4v) is 11.1. The van der Waals surface area contributed by atoms with E-state index in [9.17, 15) is 0 Å². The van der Waals surface area contributed by atoms with Crippen molar-refractivity contribution >= 4 is 46.1 Å². The van der Waals surface area contributed by atoms with Crippen LogP contribution >= 0.6 is 14.3 Å². The van der Waals surface area contributed by atoms with E-state index < -0.39 is 14.3 Å². The molecule has 0 saturated carbocycles. The number of aromatic nitrogens is 1. The average Bonchev–Trinajstić information content (AvgIpc) is 3.05. The molecular weight excluding hydrogens is 528 g/mol. The van der Waals surface area contributed by atoms with Gasteiger partial charge in [-0.2, -0.15) is 0 Å². The third kappa shape index (κ3) is 4.48. The predicted octanol–water partition coefficient (Wildman–Crippen LogP) is 6.03. The van der Waals surface area contributed by atoms with Gasteiger partial charge in [-0.15, -0.1) is 0 Å². The zero-order valence-electron chi connectivity index (χ0n) is 21.7. The van der Waals surface area contributed by atoms with E-state index >= 15 is 9.13 Å². The van der Waals surface area contributed by atoms with Crippen LogP contribution in [0.4, 0.5) is 0 Å². The standard InChI is InChI=1S/C35H27NO2P2/c37-39(28-16-5-1-6-17-28,29-18-7-2-8-19-29)33-25-15-26-34(35(33)32-24-13-14-27-36-32)40(38,30-20-9-3-10-21-30)31-22-11-4-12-23-31/h1-27H. The highest BCUT2D eigenvalue weighted by Gasteiger charge is 2.38. The van der Waals surface area contributed by atoms with Crippen LogP contribution in [0.1, 0.15) is 0 Å². The van der Waals surface area contributed by atoms with Crippen molar-refractivity contribution in [1.29, 1.82) is 0 Å². The van der Waals surface area contributed by atoms with E-state index in [-0.39, 0.29) is 0 Å². The lowest BCUT2D eigenvalue weighted by Crippen LogP contribution is -2.33. The van der Waals surface area contributed by atoms with Gasteiger partial charge in [0.1, 0.15) is 0 Å². The van der Waals surface area contributed by atoms with E-state index in [4.69, 9.17) is 4.98 Å². The monoisotopic (exact) mass is 555 g/mol. The van der Waals surface area contributed by atoms with Crippen molar-refractivity contribution in [1.82, 2.24) is 4.98 Å². The summed E-state index contributed by atoms with van der Waals surface area (Å²) in [7, 11) is -6.84. The van der Waals surface area contributed by atoms with Gasteiger partial charge in [-0.3, -0.25) is 4.98 Å². The van der Waals surface area contributed by atoms with Gasteiger partial charge in [-0.25, -0.2) is 0 Å². The Hall–Kier alpha value is -4.29. The van der Waals surface area contributed by atoms with E-state index in [0.29, 0.717) is 43.1 Å². The highest BCUT2D eigenvalue weighted by Crippen LogP contribution is 2.49. The van der Waals surface area contributed by atoms with Gasteiger partial charge in [0.05, 0.1) is 5.69 Å². The van der Waals surface area contributed by atoms with Crippen LogP contribution in [0.15, 0.2) is 164 Å². The van der Waals surface area contributed by atoms with Crippen molar-refractivity contribution in [3.63, 3.8) is 0 Å². The minimum Gasteiger partial charge on any atom is -0.309 e. The summed E-state index contributed by atoms with van der Waals surface area (Å²) in [6, 6.07) is 49.7. The van der Waals surface area contributed by atoms with Crippen LogP contribution in [0.5, 0.6) is 0 Å². The molecular formula is C35H27NO2P2. The molecule has 0 saturated heterocycles. The number of hydrogen-bond acceptors (Lipinski definition) is 3. The molecule has 0 aliphatic heterocycles. The molecule has 0 unspecified atom stereocenters. The molecule has 6 aromatic rings. The molecule has 0 N–H and O–H groups in total. The average molecular weight is 556 g/mol. The summed E-state index contributed by atoms with van der Waals surface area (Å²) in [5.41, 5.74) is 1.28. The molecule has 0 atom stereocenters. The van der Waals surface area contributed by atoms with Crippen molar-refractivity contribution in [3.05, 3.63) is 164 Å². The van der Waals surface area contributed by atoms with Gasteiger partial charge in [-0.1, -0.05) is 146 Å². The Labute approximate surface area is 235 Å². The molecule has 5 aromatic carbocycles. The second-order valence-corrected chi connectivity index (χ2v) is 14.9. The fraction of sp³-hybridized carbons (Fsp3) is 0. The van der Waals surface area contributed by atoms with Crippen molar-refractivity contribution < 1.29 is 9.13 Å². The normalized spacial score (nSPS) is 11.7. The SMILES string of the molecule is O=P(c1ccccc1)(c1ccccc1)c1cccc(P(=O)(c2ccccc2)c2ccccc2)c1-c1ccccn1. The summed E-state index contributed by atoms with van der Waals surface area (Å²) in [4.78, 5) is 4.73. The molecule has 6 rings (SSSR count). The van der Waals surface area contributed by atoms with Gasteiger partial charge < -0.3 is 9.13 Å². The Bertz CT molecular complexity index is 1620. The zero-order valence-corrected chi connectivity index (χ0v) is 23.5. The first-order chi connectivity index (χ1) is 19.6. The van der Waals surface area contributed by atoms with E-state index in [1.165, 1.54) is 0 Å². The molecule has 0 bridgehead atoms. The fourth-order valence-electron chi connectivity index (χ4n) is 5.23. The molecule has 1 heterocycles. The Morgan fingerprint density at radius 2 is 0.725 bits per heavy atom. The maximum absolute atomic E-state index is 15.6. The summed E-state index contributed by atoms with van der Waals surface area (Å²) in [5, 5.41) is 4.09. The predicted molar refractivity (Wildman–Crippen MR) is 168 cm³/mol. The smallest absolute Gasteiger partial charge is 0.171 e. The van der Waals surface area contributed by atoms with E-state index in [1.807, 2.05) is 158 Å². The lowest BCUT2D eigenvalue weighted by atomic mass is 10.1.